The molecular weight excluding hydrogens is 833 g/mol. The van der Waals surface area contributed by atoms with Crippen molar-refractivity contribution in [1.82, 2.24) is 4.57 Å². The number of hydrogen-bond donors (Lipinski definition) is 0. The van der Waals surface area contributed by atoms with E-state index in [9.17, 15) is 0 Å². The smallest absolute Gasteiger partial charge is 0.135 e. The molecular formula is C63H42N2OS. The molecule has 0 saturated heterocycles. The first-order valence-electron chi connectivity index (χ1n) is 23.1. The summed E-state index contributed by atoms with van der Waals surface area (Å²) in [6, 6.07) is 80.1. The molecule has 1 aliphatic carbocycles. The Morgan fingerprint density at radius 2 is 1.06 bits per heavy atom. The highest BCUT2D eigenvalue weighted by molar-refractivity contribution is 7.26. The number of benzene rings is 10. The molecule has 0 spiro atoms. The Bertz CT molecular complexity index is 4110. The topological polar surface area (TPSA) is 21.3 Å². The first kappa shape index (κ1) is 38.1. The summed E-state index contributed by atoms with van der Waals surface area (Å²) in [5, 5.41) is 7.28. The van der Waals surface area contributed by atoms with E-state index >= 15 is 0 Å². The maximum atomic E-state index is 6.30. The molecule has 67 heavy (non-hydrogen) atoms. The molecule has 0 bridgehead atoms. The SMILES string of the molecule is CC1(C)c2ccccc2-c2ccc(N(c3ccc(-c4ccccc4)cc3)c3ccc(-c4cc5c6ccccc6n(-c6ccc7oc8ccccc8c7c6)c5c5c4sc4ccccc45)cc3)cc21. The van der Waals surface area contributed by atoms with Crippen molar-refractivity contribution in [3.8, 4) is 39.1 Å². The van der Waals surface area contributed by atoms with Crippen LogP contribution in [0.5, 0.6) is 0 Å². The lowest BCUT2D eigenvalue weighted by Crippen LogP contribution is -2.16. The van der Waals surface area contributed by atoms with Gasteiger partial charge in [0.2, 0.25) is 0 Å². The molecule has 0 atom stereocenters. The van der Waals surface area contributed by atoms with Gasteiger partial charge in [-0.15, -0.1) is 11.3 Å². The van der Waals surface area contributed by atoms with Crippen molar-refractivity contribution in [2.45, 2.75) is 19.3 Å². The third-order valence-corrected chi connectivity index (χ3v) is 15.6. The molecule has 316 valence electrons. The number of fused-ring (bicyclic) bond motifs is 13. The summed E-state index contributed by atoms with van der Waals surface area (Å²) in [7, 11) is 0. The number of para-hydroxylation sites is 2. The number of thiophene rings is 1. The van der Waals surface area contributed by atoms with Gasteiger partial charge in [-0.1, -0.05) is 153 Å². The molecule has 13 aromatic rings. The fourth-order valence-electron chi connectivity index (χ4n) is 11.2. The first-order chi connectivity index (χ1) is 33.0. The Hall–Kier alpha value is -8.18. The first-order valence-corrected chi connectivity index (χ1v) is 23.9. The minimum Gasteiger partial charge on any atom is -0.456 e. The predicted octanol–water partition coefficient (Wildman–Crippen LogP) is 18.2. The fourth-order valence-corrected chi connectivity index (χ4v) is 12.4. The van der Waals surface area contributed by atoms with Gasteiger partial charge in [-0.25, -0.2) is 0 Å². The van der Waals surface area contributed by atoms with Crippen LogP contribution in [0.15, 0.2) is 223 Å². The number of hydrogen-bond acceptors (Lipinski definition) is 3. The highest BCUT2D eigenvalue weighted by atomic mass is 32.1. The van der Waals surface area contributed by atoms with Gasteiger partial charge < -0.3 is 13.9 Å². The molecule has 1 aliphatic rings. The lowest BCUT2D eigenvalue weighted by Gasteiger charge is -2.28. The zero-order valence-corrected chi connectivity index (χ0v) is 37.8. The highest BCUT2D eigenvalue weighted by Crippen LogP contribution is 2.52. The van der Waals surface area contributed by atoms with Gasteiger partial charge in [-0.05, 0) is 118 Å². The quantitative estimate of drug-likeness (QED) is 0.166. The summed E-state index contributed by atoms with van der Waals surface area (Å²) in [5.41, 5.74) is 18.8. The van der Waals surface area contributed by atoms with E-state index in [0.29, 0.717) is 0 Å². The average molecular weight is 875 g/mol. The Kier molecular flexibility index (Phi) is 8.20. The summed E-state index contributed by atoms with van der Waals surface area (Å²) >= 11 is 1.89. The van der Waals surface area contributed by atoms with E-state index < -0.39 is 0 Å². The zero-order chi connectivity index (χ0) is 44.4. The second-order valence-electron chi connectivity index (χ2n) is 18.4. The lowest BCUT2D eigenvalue weighted by atomic mass is 9.82. The van der Waals surface area contributed by atoms with E-state index in [4.69, 9.17) is 4.42 Å². The van der Waals surface area contributed by atoms with Crippen LogP contribution in [-0.2, 0) is 5.41 Å². The van der Waals surface area contributed by atoms with Crippen LogP contribution in [0.4, 0.5) is 17.1 Å². The summed E-state index contributed by atoms with van der Waals surface area (Å²) in [6.07, 6.45) is 0. The van der Waals surface area contributed by atoms with E-state index in [0.717, 1.165) is 44.7 Å². The Morgan fingerprint density at radius 1 is 0.433 bits per heavy atom. The molecule has 14 rings (SSSR count). The van der Waals surface area contributed by atoms with Gasteiger partial charge in [-0.2, -0.15) is 0 Å². The molecule has 3 aromatic heterocycles. The van der Waals surface area contributed by atoms with Crippen LogP contribution in [-0.4, -0.2) is 4.57 Å². The van der Waals surface area contributed by atoms with Crippen LogP contribution in [0, 0.1) is 0 Å². The maximum Gasteiger partial charge on any atom is 0.135 e. The molecule has 0 amide bonds. The number of anilines is 3. The van der Waals surface area contributed by atoms with Crippen LogP contribution < -0.4 is 4.90 Å². The van der Waals surface area contributed by atoms with Gasteiger partial charge in [0.15, 0.2) is 0 Å². The van der Waals surface area contributed by atoms with Gasteiger partial charge in [0, 0.05) is 75.4 Å². The van der Waals surface area contributed by atoms with Crippen LogP contribution in [0.3, 0.4) is 0 Å². The van der Waals surface area contributed by atoms with Crippen molar-refractivity contribution >= 4 is 92.3 Å². The minimum absolute atomic E-state index is 0.119. The molecule has 3 heterocycles. The molecule has 0 aliphatic heterocycles. The van der Waals surface area contributed by atoms with Crippen molar-refractivity contribution in [2.75, 3.05) is 4.90 Å². The molecule has 4 heteroatoms. The van der Waals surface area contributed by atoms with E-state index in [1.54, 1.807) is 0 Å². The third kappa shape index (κ3) is 5.70. The van der Waals surface area contributed by atoms with Gasteiger partial charge in [0.05, 0.1) is 11.0 Å². The standard InChI is InChI=1S/C63H42N2OS/c1-63(2)54-20-10-6-16-46(54)47-34-32-45(37-55(47)63)64(42-28-24-40(25-29-42)39-14-4-3-5-15-39)43-30-26-41(27-31-43)51-38-53-48-17-7-11-21-56(48)65(61(53)60-50-19-9-13-23-59(50)67-62(51)60)44-33-35-58-52(36-44)49-18-8-12-22-57(49)66-58/h3-38H,1-2H3. The third-order valence-electron chi connectivity index (χ3n) is 14.4. The molecule has 0 N–H and O–H groups in total. The summed E-state index contributed by atoms with van der Waals surface area (Å²) in [4.78, 5) is 2.42. The lowest BCUT2D eigenvalue weighted by molar-refractivity contribution is 0.660. The van der Waals surface area contributed by atoms with E-state index in [1.165, 1.54) is 86.5 Å². The van der Waals surface area contributed by atoms with Crippen molar-refractivity contribution in [2.24, 2.45) is 0 Å². The molecule has 0 saturated carbocycles. The van der Waals surface area contributed by atoms with Crippen molar-refractivity contribution in [3.05, 3.63) is 230 Å². The van der Waals surface area contributed by atoms with Gasteiger partial charge in [0.1, 0.15) is 11.2 Å². The molecule has 0 unspecified atom stereocenters. The average Bonchev–Trinajstić information content (AvgIpc) is 4.11. The monoisotopic (exact) mass is 874 g/mol. The molecule has 0 fully saturated rings. The second kappa shape index (κ2) is 14.4. The second-order valence-corrected chi connectivity index (χ2v) is 19.5. The van der Waals surface area contributed by atoms with Gasteiger partial charge >= 0.3 is 0 Å². The van der Waals surface area contributed by atoms with Crippen LogP contribution >= 0.6 is 11.3 Å². The van der Waals surface area contributed by atoms with Crippen LogP contribution in [0.2, 0.25) is 0 Å². The van der Waals surface area contributed by atoms with E-state index in [2.05, 4.69) is 236 Å². The largest absolute Gasteiger partial charge is 0.456 e. The number of aromatic nitrogens is 1. The molecule has 0 radical (unpaired) electrons. The van der Waals surface area contributed by atoms with Crippen LogP contribution in [0.1, 0.15) is 25.0 Å². The van der Waals surface area contributed by atoms with E-state index in [1.807, 2.05) is 17.4 Å². The van der Waals surface area contributed by atoms with Crippen molar-refractivity contribution in [1.29, 1.82) is 0 Å². The van der Waals surface area contributed by atoms with E-state index in [-0.39, 0.29) is 5.41 Å². The molecule has 10 aromatic carbocycles. The molecule has 3 nitrogen and oxygen atoms in total. The maximum absolute atomic E-state index is 6.30. The Morgan fingerprint density at radius 3 is 1.88 bits per heavy atom. The number of furan rings is 1. The number of nitrogens with zero attached hydrogens (tertiary/aromatic N) is 2. The van der Waals surface area contributed by atoms with Gasteiger partial charge in [-0.3, -0.25) is 0 Å². The number of rotatable bonds is 6. The Balaban J connectivity index is 0.952. The summed E-state index contributed by atoms with van der Waals surface area (Å²) in [5.74, 6) is 0. The zero-order valence-electron chi connectivity index (χ0n) is 37.0. The van der Waals surface area contributed by atoms with Crippen LogP contribution in [0.25, 0.3) is 103 Å². The van der Waals surface area contributed by atoms with Crippen molar-refractivity contribution in [3.63, 3.8) is 0 Å². The summed E-state index contributed by atoms with van der Waals surface area (Å²) < 4.78 is 11.4. The summed E-state index contributed by atoms with van der Waals surface area (Å²) in [6.45, 7) is 4.72. The van der Waals surface area contributed by atoms with Gasteiger partial charge in [0.25, 0.3) is 0 Å². The predicted molar refractivity (Wildman–Crippen MR) is 284 cm³/mol. The Labute approximate surface area is 392 Å². The highest BCUT2D eigenvalue weighted by Gasteiger charge is 2.36. The minimum atomic E-state index is -0.119. The normalized spacial score (nSPS) is 13.0. The fraction of sp³-hybridized carbons (Fsp3) is 0.0476. The van der Waals surface area contributed by atoms with Crippen molar-refractivity contribution < 1.29 is 4.42 Å².